The van der Waals surface area contributed by atoms with Crippen molar-refractivity contribution in [3.05, 3.63) is 6.61 Å². The van der Waals surface area contributed by atoms with E-state index < -0.39 is 6.18 Å². The molecule has 0 aromatic rings. The Morgan fingerprint density at radius 2 is 2.00 bits per heavy atom. The van der Waals surface area contributed by atoms with Crippen molar-refractivity contribution in [1.29, 1.82) is 0 Å². The summed E-state index contributed by atoms with van der Waals surface area (Å²) in [4.78, 5) is 0. The van der Waals surface area contributed by atoms with E-state index in [1.165, 1.54) is 5.92 Å². The molecule has 1 nitrogen and oxygen atoms in total. The Morgan fingerprint density at radius 3 is 2.54 bits per heavy atom. The van der Waals surface area contributed by atoms with Gasteiger partial charge in [0.1, 0.15) is 0 Å². The van der Waals surface area contributed by atoms with Crippen LogP contribution in [0.25, 0.3) is 0 Å². The standard InChI is InChI=1S/C9H12F3O/c1-2-13-8-6-4-3-5-7-9(10,11)12/h2H,3-4,6,8H2,1H3. The van der Waals surface area contributed by atoms with E-state index in [0.717, 1.165) is 6.42 Å². The first-order valence-corrected chi connectivity index (χ1v) is 4.02. The maximum atomic E-state index is 11.5. The molecule has 0 bridgehead atoms. The average Bonchev–Trinajstić information content (AvgIpc) is 2.01. The number of rotatable bonds is 5. The highest BCUT2D eigenvalue weighted by Crippen LogP contribution is 2.12. The largest absolute Gasteiger partial charge is 0.457 e. The number of alkyl halides is 3. The summed E-state index contributed by atoms with van der Waals surface area (Å²) in [6, 6.07) is 0. The molecular weight excluding hydrogens is 181 g/mol. The highest BCUT2D eigenvalue weighted by atomic mass is 19.4. The van der Waals surface area contributed by atoms with Crippen molar-refractivity contribution in [2.45, 2.75) is 32.4 Å². The molecule has 0 amide bonds. The maximum Gasteiger partial charge on any atom is 0.457 e. The van der Waals surface area contributed by atoms with Gasteiger partial charge in [0.2, 0.25) is 0 Å². The van der Waals surface area contributed by atoms with Crippen LogP contribution in [0.5, 0.6) is 0 Å². The Morgan fingerprint density at radius 1 is 1.31 bits per heavy atom. The van der Waals surface area contributed by atoms with Crippen molar-refractivity contribution in [3.8, 4) is 11.8 Å². The lowest BCUT2D eigenvalue weighted by Gasteiger charge is -1.97. The zero-order chi connectivity index (χ0) is 10.2. The van der Waals surface area contributed by atoms with Crippen molar-refractivity contribution >= 4 is 0 Å². The van der Waals surface area contributed by atoms with Crippen molar-refractivity contribution in [2.24, 2.45) is 0 Å². The van der Waals surface area contributed by atoms with E-state index in [2.05, 4.69) is 5.92 Å². The summed E-state index contributed by atoms with van der Waals surface area (Å²) in [6.45, 7) is 3.86. The monoisotopic (exact) mass is 193 g/mol. The van der Waals surface area contributed by atoms with Crippen molar-refractivity contribution in [2.75, 3.05) is 6.61 Å². The lowest BCUT2D eigenvalue weighted by molar-refractivity contribution is -0.0697. The van der Waals surface area contributed by atoms with Gasteiger partial charge in [0, 0.05) is 18.9 Å². The van der Waals surface area contributed by atoms with Gasteiger partial charge in [-0.3, -0.25) is 0 Å². The van der Waals surface area contributed by atoms with Gasteiger partial charge in [0.15, 0.2) is 0 Å². The Kier molecular flexibility index (Phi) is 6.43. The molecule has 13 heavy (non-hydrogen) atoms. The van der Waals surface area contributed by atoms with Crippen LogP contribution in [0, 0.1) is 18.4 Å². The molecule has 0 heterocycles. The van der Waals surface area contributed by atoms with Crippen LogP contribution in [0.4, 0.5) is 13.2 Å². The van der Waals surface area contributed by atoms with Crippen LogP contribution < -0.4 is 0 Å². The van der Waals surface area contributed by atoms with E-state index in [-0.39, 0.29) is 6.42 Å². The second-order valence-electron chi connectivity index (χ2n) is 2.36. The van der Waals surface area contributed by atoms with Gasteiger partial charge in [0.05, 0.1) is 6.61 Å². The fraction of sp³-hybridized carbons (Fsp3) is 0.667. The number of ether oxygens (including phenoxy) is 1. The molecule has 0 rings (SSSR count). The Labute approximate surface area is 76.3 Å². The van der Waals surface area contributed by atoms with Crippen LogP contribution in [0.2, 0.25) is 0 Å². The first kappa shape index (κ1) is 12.3. The normalized spacial score (nSPS) is 10.8. The van der Waals surface area contributed by atoms with Gasteiger partial charge in [-0.25, -0.2) is 0 Å². The molecule has 4 heteroatoms. The second kappa shape index (κ2) is 6.79. The topological polar surface area (TPSA) is 9.23 Å². The second-order valence-corrected chi connectivity index (χ2v) is 2.36. The van der Waals surface area contributed by atoms with Gasteiger partial charge < -0.3 is 4.74 Å². The van der Waals surface area contributed by atoms with Gasteiger partial charge in [0.25, 0.3) is 0 Å². The Hall–Kier alpha value is -0.690. The van der Waals surface area contributed by atoms with Gasteiger partial charge >= 0.3 is 6.18 Å². The van der Waals surface area contributed by atoms with Crippen LogP contribution >= 0.6 is 0 Å². The summed E-state index contributed by atoms with van der Waals surface area (Å²) in [6.07, 6.45) is -2.71. The SMILES string of the molecule is C[CH]OCCCCC#CC(F)(F)F. The maximum absolute atomic E-state index is 11.5. The molecule has 0 aliphatic rings. The van der Waals surface area contributed by atoms with Gasteiger partial charge in [-0.05, 0) is 19.8 Å². The lowest BCUT2D eigenvalue weighted by atomic mass is 10.2. The third kappa shape index (κ3) is 11.3. The van der Waals surface area contributed by atoms with Crippen molar-refractivity contribution in [3.63, 3.8) is 0 Å². The molecular formula is C9H12F3O. The van der Waals surface area contributed by atoms with E-state index >= 15 is 0 Å². The Balaban J connectivity index is 3.28. The highest BCUT2D eigenvalue weighted by molar-refractivity contribution is 5.04. The predicted molar refractivity (Wildman–Crippen MR) is 43.6 cm³/mol. The molecule has 0 saturated carbocycles. The van der Waals surface area contributed by atoms with Gasteiger partial charge in [-0.15, -0.1) is 0 Å². The summed E-state index contributed by atoms with van der Waals surface area (Å²) in [5, 5.41) is 0. The minimum Gasteiger partial charge on any atom is -0.376 e. The zero-order valence-electron chi connectivity index (χ0n) is 7.45. The van der Waals surface area contributed by atoms with E-state index in [1.54, 1.807) is 13.5 Å². The first-order chi connectivity index (χ1) is 6.06. The molecule has 0 spiro atoms. The molecule has 0 fully saturated rings. The number of hydrogen-bond donors (Lipinski definition) is 0. The molecule has 0 aromatic carbocycles. The molecule has 0 unspecified atom stereocenters. The van der Waals surface area contributed by atoms with Crippen LogP contribution in [0.1, 0.15) is 26.2 Å². The van der Waals surface area contributed by atoms with Crippen LogP contribution in [-0.4, -0.2) is 12.8 Å². The summed E-state index contributed by atoms with van der Waals surface area (Å²) in [5.74, 6) is 3.28. The van der Waals surface area contributed by atoms with Crippen molar-refractivity contribution in [1.82, 2.24) is 0 Å². The summed E-state index contributed by atoms with van der Waals surface area (Å²) < 4.78 is 39.3. The zero-order valence-corrected chi connectivity index (χ0v) is 7.45. The van der Waals surface area contributed by atoms with Gasteiger partial charge in [-0.1, -0.05) is 5.92 Å². The number of halogens is 3. The Bertz CT molecular complexity index is 176. The molecule has 0 N–H and O–H groups in total. The predicted octanol–water partition coefficient (Wildman–Crippen LogP) is 2.92. The third-order valence-corrected chi connectivity index (χ3v) is 1.21. The summed E-state index contributed by atoms with van der Waals surface area (Å²) >= 11 is 0. The lowest BCUT2D eigenvalue weighted by Crippen LogP contribution is -2.01. The van der Waals surface area contributed by atoms with E-state index in [0.29, 0.717) is 13.0 Å². The van der Waals surface area contributed by atoms with Crippen LogP contribution in [0.15, 0.2) is 0 Å². The third-order valence-electron chi connectivity index (χ3n) is 1.21. The fourth-order valence-electron chi connectivity index (χ4n) is 0.679. The van der Waals surface area contributed by atoms with E-state index in [1.807, 2.05) is 0 Å². The smallest absolute Gasteiger partial charge is 0.376 e. The van der Waals surface area contributed by atoms with E-state index in [4.69, 9.17) is 4.74 Å². The fourth-order valence-corrected chi connectivity index (χ4v) is 0.679. The molecule has 75 valence electrons. The van der Waals surface area contributed by atoms with Gasteiger partial charge in [-0.2, -0.15) is 13.2 Å². The molecule has 0 aliphatic heterocycles. The molecule has 0 aromatic heterocycles. The highest BCUT2D eigenvalue weighted by Gasteiger charge is 2.22. The molecule has 1 radical (unpaired) electrons. The summed E-state index contributed by atoms with van der Waals surface area (Å²) in [5.41, 5.74) is 0. The minimum absolute atomic E-state index is 0.270. The van der Waals surface area contributed by atoms with Crippen LogP contribution in [0.3, 0.4) is 0 Å². The first-order valence-electron chi connectivity index (χ1n) is 4.02. The molecule has 0 aliphatic carbocycles. The molecule has 0 atom stereocenters. The molecule has 0 saturated heterocycles. The van der Waals surface area contributed by atoms with Crippen molar-refractivity contribution < 1.29 is 17.9 Å². The average molecular weight is 193 g/mol. The van der Waals surface area contributed by atoms with Crippen LogP contribution in [-0.2, 0) is 4.74 Å². The summed E-state index contributed by atoms with van der Waals surface area (Å²) in [7, 11) is 0. The van der Waals surface area contributed by atoms with E-state index in [9.17, 15) is 13.2 Å². The number of hydrogen-bond acceptors (Lipinski definition) is 1. The minimum atomic E-state index is -4.35. The number of unbranched alkanes of at least 4 members (excludes halogenated alkanes) is 2. The quantitative estimate of drug-likeness (QED) is 0.482.